The number of nitrogens with zero attached hydrogens (tertiary/aromatic N) is 2. The van der Waals surface area contributed by atoms with Crippen LogP contribution in [0.5, 0.6) is 0 Å². The molecule has 3 nitrogen and oxygen atoms in total. The first-order valence-corrected chi connectivity index (χ1v) is 12.0. The standard InChI is InChI=1S/C25H31N3S/c1-2-7-20(8-3-1)17-25(13-6-14-25)19-26-18-21-11-15-28(16-12-21)24-27-22-9-4-5-10-23(22)29-24/h1-5,7-10,21,26H,6,11-19H2. The van der Waals surface area contributed by atoms with Crippen molar-refractivity contribution in [3.8, 4) is 0 Å². The highest BCUT2D eigenvalue weighted by Crippen LogP contribution is 2.43. The molecule has 2 aliphatic rings. The SMILES string of the molecule is c1ccc(CC2(CNCC3CCN(c4nc5ccccc5s4)CC3)CCC2)cc1. The zero-order valence-electron chi connectivity index (χ0n) is 17.1. The van der Waals surface area contributed by atoms with Crippen LogP contribution in [0.4, 0.5) is 5.13 Å². The first-order valence-electron chi connectivity index (χ1n) is 11.1. The molecule has 1 aliphatic heterocycles. The van der Waals surface area contributed by atoms with Crippen LogP contribution in [0.2, 0.25) is 0 Å². The van der Waals surface area contributed by atoms with Crippen LogP contribution in [0, 0.1) is 11.3 Å². The van der Waals surface area contributed by atoms with Gasteiger partial charge in [0.1, 0.15) is 0 Å². The summed E-state index contributed by atoms with van der Waals surface area (Å²) in [6.07, 6.45) is 7.94. The van der Waals surface area contributed by atoms with Gasteiger partial charge in [0, 0.05) is 19.6 Å². The predicted octanol–water partition coefficient (Wildman–Crippen LogP) is 5.52. The van der Waals surface area contributed by atoms with Crippen LogP contribution in [0.15, 0.2) is 54.6 Å². The summed E-state index contributed by atoms with van der Waals surface area (Å²) in [4.78, 5) is 7.33. The number of para-hydroxylation sites is 1. The number of aromatic nitrogens is 1. The summed E-state index contributed by atoms with van der Waals surface area (Å²) >= 11 is 1.84. The van der Waals surface area contributed by atoms with Crippen molar-refractivity contribution in [2.45, 2.75) is 38.5 Å². The lowest BCUT2D eigenvalue weighted by Crippen LogP contribution is -2.44. The van der Waals surface area contributed by atoms with Crippen LogP contribution in [0.25, 0.3) is 10.2 Å². The van der Waals surface area contributed by atoms with Crippen LogP contribution >= 0.6 is 11.3 Å². The fourth-order valence-corrected chi connectivity index (χ4v) is 6.00. The minimum atomic E-state index is 0.503. The molecular weight excluding hydrogens is 374 g/mol. The van der Waals surface area contributed by atoms with E-state index in [2.05, 4.69) is 64.8 Å². The third-order valence-electron chi connectivity index (χ3n) is 6.94. The Kier molecular flexibility index (Phi) is 5.56. The summed E-state index contributed by atoms with van der Waals surface area (Å²) in [6.45, 7) is 4.63. The lowest BCUT2D eigenvalue weighted by atomic mass is 9.65. The highest BCUT2D eigenvalue weighted by molar-refractivity contribution is 7.22. The highest BCUT2D eigenvalue weighted by atomic mass is 32.1. The maximum Gasteiger partial charge on any atom is 0.186 e. The van der Waals surface area contributed by atoms with E-state index in [-0.39, 0.29) is 0 Å². The monoisotopic (exact) mass is 405 g/mol. The van der Waals surface area contributed by atoms with Crippen LogP contribution < -0.4 is 10.2 Å². The van der Waals surface area contributed by atoms with Crippen LogP contribution in [0.1, 0.15) is 37.7 Å². The Morgan fingerprint density at radius 3 is 2.48 bits per heavy atom. The van der Waals surface area contributed by atoms with Crippen molar-refractivity contribution in [2.24, 2.45) is 11.3 Å². The zero-order chi connectivity index (χ0) is 19.5. The molecule has 1 saturated carbocycles. The highest BCUT2D eigenvalue weighted by Gasteiger charge is 2.36. The quantitative estimate of drug-likeness (QED) is 0.561. The summed E-state index contributed by atoms with van der Waals surface area (Å²) in [5, 5.41) is 5.07. The van der Waals surface area contributed by atoms with Gasteiger partial charge in [-0.2, -0.15) is 0 Å². The van der Waals surface area contributed by atoms with Crippen molar-refractivity contribution >= 4 is 26.7 Å². The number of hydrogen-bond acceptors (Lipinski definition) is 4. The molecule has 0 bridgehead atoms. The molecule has 1 saturated heterocycles. The Morgan fingerprint density at radius 2 is 1.76 bits per heavy atom. The van der Waals surface area contributed by atoms with E-state index in [0.717, 1.165) is 24.5 Å². The van der Waals surface area contributed by atoms with E-state index in [0.29, 0.717) is 5.41 Å². The fraction of sp³-hybridized carbons (Fsp3) is 0.480. The number of hydrogen-bond donors (Lipinski definition) is 1. The van der Waals surface area contributed by atoms with E-state index in [4.69, 9.17) is 4.98 Å². The molecule has 5 rings (SSSR count). The van der Waals surface area contributed by atoms with Crippen molar-refractivity contribution in [2.75, 3.05) is 31.1 Å². The minimum absolute atomic E-state index is 0.503. The Bertz CT molecular complexity index is 890. The Labute approximate surface area is 178 Å². The van der Waals surface area contributed by atoms with Gasteiger partial charge in [0.05, 0.1) is 10.2 Å². The van der Waals surface area contributed by atoms with Gasteiger partial charge in [0.15, 0.2) is 5.13 Å². The van der Waals surface area contributed by atoms with E-state index in [1.54, 1.807) is 0 Å². The molecule has 0 amide bonds. The lowest BCUT2D eigenvalue weighted by Gasteiger charge is -2.43. The second-order valence-corrected chi connectivity index (χ2v) is 10.1. The molecule has 0 radical (unpaired) electrons. The number of thiazole rings is 1. The summed E-state index contributed by atoms with van der Waals surface area (Å²) in [6, 6.07) is 19.5. The smallest absolute Gasteiger partial charge is 0.186 e. The normalized spacial score (nSPS) is 19.4. The number of fused-ring (bicyclic) bond motifs is 1. The average Bonchev–Trinajstić information content (AvgIpc) is 3.17. The molecular formula is C25H31N3S. The summed E-state index contributed by atoms with van der Waals surface area (Å²) in [5.74, 6) is 0.800. The van der Waals surface area contributed by atoms with Gasteiger partial charge >= 0.3 is 0 Å². The zero-order valence-corrected chi connectivity index (χ0v) is 18.0. The van der Waals surface area contributed by atoms with Gasteiger partial charge in [0.2, 0.25) is 0 Å². The van der Waals surface area contributed by atoms with Gasteiger partial charge < -0.3 is 10.2 Å². The molecule has 1 N–H and O–H groups in total. The molecule has 2 fully saturated rings. The van der Waals surface area contributed by atoms with E-state index in [9.17, 15) is 0 Å². The van der Waals surface area contributed by atoms with E-state index >= 15 is 0 Å². The number of rotatable bonds is 7. The lowest BCUT2D eigenvalue weighted by molar-refractivity contribution is 0.127. The number of nitrogens with one attached hydrogen (secondary N) is 1. The fourth-order valence-electron chi connectivity index (χ4n) is 4.99. The van der Waals surface area contributed by atoms with E-state index in [1.807, 2.05) is 11.3 Å². The summed E-state index contributed by atoms with van der Waals surface area (Å²) in [5.41, 5.74) is 3.14. The second kappa shape index (κ2) is 8.45. The molecule has 152 valence electrons. The molecule has 3 aromatic rings. The predicted molar refractivity (Wildman–Crippen MR) is 124 cm³/mol. The molecule has 1 aliphatic carbocycles. The minimum Gasteiger partial charge on any atom is -0.348 e. The molecule has 0 atom stereocenters. The molecule has 2 heterocycles. The van der Waals surface area contributed by atoms with Crippen LogP contribution in [0.3, 0.4) is 0 Å². The van der Waals surface area contributed by atoms with E-state index in [1.165, 1.54) is 67.0 Å². The van der Waals surface area contributed by atoms with Gasteiger partial charge in [-0.3, -0.25) is 0 Å². The third-order valence-corrected chi connectivity index (χ3v) is 8.03. The maximum atomic E-state index is 4.84. The third kappa shape index (κ3) is 4.34. The molecule has 0 spiro atoms. The van der Waals surface area contributed by atoms with Gasteiger partial charge in [0.25, 0.3) is 0 Å². The molecule has 1 aromatic heterocycles. The van der Waals surface area contributed by atoms with Crippen molar-refractivity contribution < 1.29 is 0 Å². The van der Waals surface area contributed by atoms with Crippen LogP contribution in [-0.4, -0.2) is 31.2 Å². The van der Waals surface area contributed by atoms with E-state index < -0.39 is 0 Å². The Hall–Kier alpha value is -1.91. The molecule has 0 unspecified atom stereocenters. The molecule has 2 aromatic carbocycles. The van der Waals surface area contributed by atoms with Gasteiger partial charge in [-0.25, -0.2) is 4.98 Å². The topological polar surface area (TPSA) is 28.2 Å². The van der Waals surface area contributed by atoms with Gasteiger partial charge in [-0.1, -0.05) is 60.2 Å². The first kappa shape index (κ1) is 19.1. The van der Waals surface area contributed by atoms with Crippen LogP contribution in [-0.2, 0) is 6.42 Å². The van der Waals surface area contributed by atoms with Gasteiger partial charge in [-0.05, 0) is 67.7 Å². The largest absolute Gasteiger partial charge is 0.348 e. The van der Waals surface area contributed by atoms with Gasteiger partial charge in [-0.15, -0.1) is 0 Å². The Balaban J connectivity index is 1.10. The van der Waals surface area contributed by atoms with Crippen molar-refractivity contribution in [1.29, 1.82) is 0 Å². The summed E-state index contributed by atoms with van der Waals surface area (Å²) < 4.78 is 1.30. The number of anilines is 1. The molecule has 29 heavy (non-hydrogen) atoms. The maximum absolute atomic E-state index is 4.84. The Morgan fingerprint density at radius 1 is 1.00 bits per heavy atom. The average molecular weight is 406 g/mol. The van der Waals surface area contributed by atoms with Crippen molar-refractivity contribution in [1.82, 2.24) is 10.3 Å². The van der Waals surface area contributed by atoms with Crippen molar-refractivity contribution in [3.63, 3.8) is 0 Å². The number of piperidine rings is 1. The second-order valence-electron chi connectivity index (χ2n) is 9.04. The molecule has 4 heteroatoms. The first-order chi connectivity index (χ1) is 14.3. The van der Waals surface area contributed by atoms with Crippen molar-refractivity contribution in [3.05, 3.63) is 60.2 Å². The number of benzene rings is 2. The summed E-state index contributed by atoms with van der Waals surface area (Å²) in [7, 11) is 0.